The van der Waals surface area contributed by atoms with Crippen molar-refractivity contribution in [1.29, 1.82) is 0 Å². The average molecular weight is 318 g/mol. The molecular weight excluding hydrogens is 308 g/mol. The Bertz CT molecular complexity index is 553. The second-order valence-corrected chi connectivity index (χ2v) is 5.80. The minimum absolute atomic E-state index is 0.0936. The molecule has 0 saturated heterocycles. The van der Waals surface area contributed by atoms with Crippen LogP contribution in [0.25, 0.3) is 0 Å². The molecule has 0 saturated carbocycles. The SMILES string of the molecule is Cc1ccc(C(N)c2ccc(F)c(F)c2Br)s1. The van der Waals surface area contributed by atoms with E-state index in [1.807, 2.05) is 19.1 Å². The molecular formula is C12H10BrF2NS. The summed E-state index contributed by atoms with van der Waals surface area (Å²) in [5.41, 5.74) is 6.59. The largest absolute Gasteiger partial charge is 0.320 e. The number of hydrogen-bond donors (Lipinski definition) is 1. The van der Waals surface area contributed by atoms with Crippen molar-refractivity contribution in [2.24, 2.45) is 5.73 Å². The zero-order chi connectivity index (χ0) is 12.6. The van der Waals surface area contributed by atoms with Crippen LogP contribution in [0.3, 0.4) is 0 Å². The first-order valence-electron chi connectivity index (χ1n) is 4.96. The molecule has 1 nitrogen and oxygen atoms in total. The van der Waals surface area contributed by atoms with Crippen molar-refractivity contribution in [1.82, 2.24) is 0 Å². The van der Waals surface area contributed by atoms with Crippen LogP contribution in [-0.2, 0) is 0 Å². The highest BCUT2D eigenvalue weighted by Gasteiger charge is 2.18. The molecule has 1 atom stereocenters. The molecule has 0 aliphatic rings. The average Bonchev–Trinajstić information content (AvgIpc) is 2.72. The second kappa shape index (κ2) is 4.84. The molecule has 0 aliphatic carbocycles. The van der Waals surface area contributed by atoms with Crippen LogP contribution in [-0.4, -0.2) is 0 Å². The molecule has 0 bridgehead atoms. The summed E-state index contributed by atoms with van der Waals surface area (Å²) in [5.74, 6) is -1.78. The Hall–Kier alpha value is -0.780. The van der Waals surface area contributed by atoms with Crippen molar-refractivity contribution >= 4 is 27.3 Å². The molecule has 2 N–H and O–H groups in total. The quantitative estimate of drug-likeness (QED) is 0.827. The standard InChI is InChI=1S/C12H10BrF2NS/c1-6-2-5-9(17-6)12(16)7-3-4-8(14)11(15)10(7)13/h2-5,12H,16H2,1H3. The fourth-order valence-corrected chi connectivity index (χ4v) is 3.02. The highest BCUT2D eigenvalue weighted by atomic mass is 79.9. The third kappa shape index (κ3) is 2.41. The van der Waals surface area contributed by atoms with Gasteiger partial charge in [-0.15, -0.1) is 11.3 Å². The predicted octanol–water partition coefficient (Wildman–Crippen LogP) is 4.15. The summed E-state index contributed by atoms with van der Waals surface area (Å²) in [7, 11) is 0. The third-order valence-electron chi connectivity index (χ3n) is 2.47. The van der Waals surface area contributed by atoms with E-state index in [1.165, 1.54) is 6.07 Å². The summed E-state index contributed by atoms with van der Waals surface area (Å²) in [5, 5.41) is 0. The maximum Gasteiger partial charge on any atom is 0.173 e. The molecule has 0 spiro atoms. The van der Waals surface area contributed by atoms with Gasteiger partial charge in [0.25, 0.3) is 0 Å². The normalized spacial score (nSPS) is 12.8. The molecule has 2 rings (SSSR count). The van der Waals surface area contributed by atoms with Crippen LogP contribution in [0.5, 0.6) is 0 Å². The highest BCUT2D eigenvalue weighted by Crippen LogP contribution is 2.32. The lowest BCUT2D eigenvalue weighted by molar-refractivity contribution is 0.501. The fourth-order valence-electron chi connectivity index (χ4n) is 1.55. The number of halogens is 3. The number of rotatable bonds is 2. The van der Waals surface area contributed by atoms with Gasteiger partial charge < -0.3 is 5.73 Å². The molecule has 0 aliphatic heterocycles. The van der Waals surface area contributed by atoms with Crippen LogP contribution in [0.2, 0.25) is 0 Å². The summed E-state index contributed by atoms with van der Waals surface area (Å²) in [4.78, 5) is 2.06. The number of nitrogens with two attached hydrogens (primary N) is 1. The number of benzene rings is 1. The van der Waals surface area contributed by atoms with Gasteiger partial charge in [-0.3, -0.25) is 0 Å². The van der Waals surface area contributed by atoms with Gasteiger partial charge in [0.1, 0.15) is 0 Å². The minimum atomic E-state index is -0.897. The summed E-state index contributed by atoms with van der Waals surface area (Å²) >= 11 is 4.59. The number of aryl methyl sites for hydroxylation is 1. The van der Waals surface area contributed by atoms with Crippen molar-refractivity contribution in [3.8, 4) is 0 Å². The molecule has 1 heterocycles. The lowest BCUT2D eigenvalue weighted by atomic mass is 10.1. The zero-order valence-electron chi connectivity index (χ0n) is 9.01. The van der Waals surface area contributed by atoms with E-state index in [2.05, 4.69) is 15.9 Å². The lowest BCUT2D eigenvalue weighted by Gasteiger charge is -2.12. The smallest absolute Gasteiger partial charge is 0.173 e. The van der Waals surface area contributed by atoms with Gasteiger partial charge in [-0.25, -0.2) is 8.78 Å². The van der Waals surface area contributed by atoms with E-state index in [9.17, 15) is 8.78 Å². The van der Waals surface area contributed by atoms with Crippen molar-refractivity contribution in [2.45, 2.75) is 13.0 Å². The molecule has 1 aromatic carbocycles. The maximum absolute atomic E-state index is 13.4. The first-order valence-corrected chi connectivity index (χ1v) is 6.57. The van der Waals surface area contributed by atoms with Crippen molar-refractivity contribution in [3.63, 3.8) is 0 Å². The van der Waals surface area contributed by atoms with Gasteiger partial charge in [-0.1, -0.05) is 6.07 Å². The third-order valence-corrected chi connectivity index (χ3v) is 4.36. The van der Waals surface area contributed by atoms with Crippen molar-refractivity contribution in [3.05, 3.63) is 55.7 Å². The van der Waals surface area contributed by atoms with Crippen LogP contribution in [0.1, 0.15) is 21.4 Å². The lowest BCUT2D eigenvalue weighted by Crippen LogP contribution is -2.12. The van der Waals surface area contributed by atoms with Crippen molar-refractivity contribution < 1.29 is 8.78 Å². The van der Waals surface area contributed by atoms with E-state index < -0.39 is 17.7 Å². The van der Waals surface area contributed by atoms with Crippen LogP contribution in [0, 0.1) is 18.6 Å². The molecule has 0 fully saturated rings. The molecule has 17 heavy (non-hydrogen) atoms. The highest BCUT2D eigenvalue weighted by molar-refractivity contribution is 9.10. The van der Waals surface area contributed by atoms with Gasteiger partial charge in [0.15, 0.2) is 11.6 Å². The van der Waals surface area contributed by atoms with Gasteiger partial charge >= 0.3 is 0 Å². The Labute approximate surface area is 110 Å². The van der Waals surface area contributed by atoms with Gasteiger partial charge in [0, 0.05) is 9.75 Å². The van der Waals surface area contributed by atoms with Gasteiger partial charge in [-0.2, -0.15) is 0 Å². The topological polar surface area (TPSA) is 26.0 Å². The molecule has 90 valence electrons. The van der Waals surface area contributed by atoms with Gasteiger partial charge in [0.2, 0.25) is 0 Å². The van der Waals surface area contributed by atoms with Crippen LogP contribution < -0.4 is 5.73 Å². The molecule has 1 aromatic heterocycles. The Morgan fingerprint density at radius 2 is 1.94 bits per heavy atom. The minimum Gasteiger partial charge on any atom is -0.320 e. The second-order valence-electron chi connectivity index (χ2n) is 3.69. The van der Waals surface area contributed by atoms with E-state index >= 15 is 0 Å². The molecule has 1 unspecified atom stereocenters. The van der Waals surface area contributed by atoms with E-state index in [0.29, 0.717) is 5.56 Å². The molecule has 5 heteroatoms. The van der Waals surface area contributed by atoms with Gasteiger partial charge in [-0.05, 0) is 46.6 Å². The Morgan fingerprint density at radius 3 is 2.53 bits per heavy atom. The van der Waals surface area contributed by atoms with E-state index in [-0.39, 0.29) is 4.47 Å². The number of hydrogen-bond acceptors (Lipinski definition) is 2. The molecule has 0 amide bonds. The first-order chi connectivity index (χ1) is 8.00. The van der Waals surface area contributed by atoms with Crippen LogP contribution in [0.4, 0.5) is 8.78 Å². The summed E-state index contributed by atoms with van der Waals surface area (Å²) in [6.45, 7) is 1.97. The zero-order valence-corrected chi connectivity index (χ0v) is 11.4. The summed E-state index contributed by atoms with van der Waals surface area (Å²) in [6, 6.07) is 6.00. The molecule has 0 radical (unpaired) electrons. The monoisotopic (exact) mass is 317 g/mol. The number of thiophene rings is 1. The van der Waals surface area contributed by atoms with E-state index in [0.717, 1.165) is 15.8 Å². The van der Waals surface area contributed by atoms with Gasteiger partial charge in [0.05, 0.1) is 10.5 Å². The maximum atomic E-state index is 13.4. The summed E-state index contributed by atoms with van der Waals surface area (Å²) in [6.07, 6.45) is 0. The fraction of sp³-hybridized carbons (Fsp3) is 0.167. The van der Waals surface area contributed by atoms with Crippen LogP contribution >= 0.6 is 27.3 Å². The van der Waals surface area contributed by atoms with E-state index in [1.54, 1.807) is 11.3 Å². The van der Waals surface area contributed by atoms with Crippen molar-refractivity contribution in [2.75, 3.05) is 0 Å². The Kier molecular flexibility index (Phi) is 3.61. The Morgan fingerprint density at radius 1 is 1.24 bits per heavy atom. The van der Waals surface area contributed by atoms with Crippen LogP contribution in [0.15, 0.2) is 28.7 Å². The predicted molar refractivity (Wildman–Crippen MR) is 69.1 cm³/mol. The summed E-state index contributed by atoms with van der Waals surface area (Å²) < 4.78 is 26.5. The van der Waals surface area contributed by atoms with E-state index in [4.69, 9.17) is 5.73 Å². The molecule has 2 aromatic rings. The first kappa shape index (κ1) is 12.7. The Balaban J connectivity index is 2.44.